The Labute approximate surface area is 107 Å². The van der Waals surface area contributed by atoms with Gasteiger partial charge in [-0.15, -0.1) is 0 Å². The summed E-state index contributed by atoms with van der Waals surface area (Å²) < 4.78 is 0. The fourth-order valence-electron chi connectivity index (χ4n) is 2.84. The Morgan fingerprint density at radius 3 is 2.22 bits per heavy atom. The van der Waals surface area contributed by atoms with Gasteiger partial charge in [0.2, 0.25) is 0 Å². The van der Waals surface area contributed by atoms with Crippen LogP contribution < -0.4 is 0 Å². The van der Waals surface area contributed by atoms with Gasteiger partial charge in [0, 0.05) is 18.9 Å². The Morgan fingerprint density at radius 2 is 1.61 bits per heavy atom. The first-order valence-corrected chi connectivity index (χ1v) is 6.75. The second-order valence-electron chi connectivity index (χ2n) is 5.23. The molecule has 5 nitrogen and oxygen atoms in total. The van der Waals surface area contributed by atoms with Gasteiger partial charge in [0.05, 0.1) is 12.2 Å². The smallest absolute Gasteiger partial charge is 0.303 e. The van der Waals surface area contributed by atoms with E-state index in [0.717, 1.165) is 25.7 Å². The maximum absolute atomic E-state index is 10.3. The third-order valence-corrected chi connectivity index (χ3v) is 3.91. The summed E-state index contributed by atoms with van der Waals surface area (Å²) >= 11 is 0. The number of aliphatic hydroxyl groups is 3. The molecule has 0 radical (unpaired) electrons. The zero-order chi connectivity index (χ0) is 13.5. The van der Waals surface area contributed by atoms with Crippen LogP contribution in [0.15, 0.2) is 0 Å². The Bertz CT molecular complexity index is 256. The quantitative estimate of drug-likeness (QED) is 0.483. The fraction of sp³-hybridized carbons (Fsp3) is 0.923. The molecular formula is C13H24O5. The summed E-state index contributed by atoms with van der Waals surface area (Å²) in [5.41, 5.74) is 0. The molecule has 106 valence electrons. The van der Waals surface area contributed by atoms with Gasteiger partial charge in [-0.05, 0) is 25.2 Å². The molecule has 0 amide bonds. The number of hydrogen-bond donors (Lipinski definition) is 4. The number of rotatable bonds is 8. The van der Waals surface area contributed by atoms with Crippen LogP contribution in [0.1, 0.15) is 44.9 Å². The van der Waals surface area contributed by atoms with Gasteiger partial charge in [0.25, 0.3) is 0 Å². The van der Waals surface area contributed by atoms with Crippen molar-refractivity contribution >= 4 is 5.97 Å². The lowest BCUT2D eigenvalue weighted by molar-refractivity contribution is -0.137. The van der Waals surface area contributed by atoms with Crippen LogP contribution in [0.25, 0.3) is 0 Å². The van der Waals surface area contributed by atoms with Gasteiger partial charge in [-0.25, -0.2) is 0 Å². The average molecular weight is 260 g/mol. The molecule has 0 aromatic carbocycles. The van der Waals surface area contributed by atoms with Gasteiger partial charge in [-0.1, -0.05) is 19.3 Å². The summed E-state index contributed by atoms with van der Waals surface area (Å²) in [6.45, 7) is -0.0814. The lowest BCUT2D eigenvalue weighted by Crippen LogP contribution is -2.25. The number of carboxylic acid groups (broad SMARTS) is 1. The van der Waals surface area contributed by atoms with E-state index in [0.29, 0.717) is 12.8 Å². The molecule has 0 aromatic heterocycles. The molecule has 1 saturated carbocycles. The maximum Gasteiger partial charge on any atom is 0.303 e. The number of hydrogen-bond acceptors (Lipinski definition) is 4. The first kappa shape index (κ1) is 15.4. The van der Waals surface area contributed by atoms with Gasteiger partial charge in [-0.3, -0.25) is 4.79 Å². The summed E-state index contributed by atoms with van der Waals surface area (Å²) in [5.74, 6) is -0.992. The van der Waals surface area contributed by atoms with Crippen LogP contribution in [0.3, 0.4) is 0 Å². The third kappa shape index (κ3) is 4.55. The second kappa shape index (κ2) is 7.71. The van der Waals surface area contributed by atoms with Gasteiger partial charge in [0.15, 0.2) is 0 Å². The predicted octanol–water partition coefficient (Wildman–Crippen LogP) is 0.762. The van der Waals surface area contributed by atoms with E-state index in [4.69, 9.17) is 5.11 Å². The van der Waals surface area contributed by atoms with Crippen LogP contribution in [0.5, 0.6) is 0 Å². The van der Waals surface area contributed by atoms with E-state index < -0.39 is 18.2 Å². The molecule has 0 saturated heterocycles. The highest BCUT2D eigenvalue weighted by Crippen LogP contribution is 2.35. The molecule has 1 aliphatic carbocycles. The molecule has 4 N–H and O–H groups in total. The average Bonchev–Trinajstić information content (AvgIpc) is 2.57. The third-order valence-electron chi connectivity index (χ3n) is 3.91. The zero-order valence-corrected chi connectivity index (χ0v) is 10.7. The molecule has 0 aromatic rings. The van der Waals surface area contributed by atoms with E-state index in [-0.39, 0.29) is 24.9 Å². The van der Waals surface area contributed by atoms with E-state index >= 15 is 0 Å². The molecule has 0 heterocycles. The molecule has 0 aliphatic heterocycles. The van der Waals surface area contributed by atoms with Crippen LogP contribution in [0.2, 0.25) is 0 Å². The van der Waals surface area contributed by atoms with Crippen molar-refractivity contribution < 1.29 is 25.2 Å². The van der Waals surface area contributed by atoms with Crippen LogP contribution in [0.4, 0.5) is 0 Å². The van der Waals surface area contributed by atoms with Crippen molar-refractivity contribution in [3.05, 3.63) is 0 Å². The molecule has 2 unspecified atom stereocenters. The minimum absolute atomic E-state index is 0.0236. The number of carbonyl (C=O) groups is 1. The molecule has 18 heavy (non-hydrogen) atoms. The molecule has 0 spiro atoms. The Balaban J connectivity index is 2.16. The lowest BCUT2D eigenvalue weighted by Gasteiger charge is -2.21. The largest absolute Gasteiger partial charge is 0.481 e. The summed E-state index contributed by atoms with van der Waals surface area (Å²) in [6.07, 6.45) is 3.65. The van der Waals surface area contributed by atoms with E-state index in [9.17, 15) is 20.1 Å². The van der Waals surface area contributed by atoms with Crippen LogP contribution in [0, 0.1) is 11.8 Å². The Kier molecular flexibility index (Phi) is 6.60. The standard InChI is InChI=1S/C13H24O5/c14-8-10-9(11(15)7-12(10)16)5-3-1-2-4-6-13(17)18/h9-12,14-16H,1-8H2,(H,17,18)/t9-,10-,11?,12?/m0/s1. The summed E-state index contributed by atoms with van der Waals surface area (Å²) in [5, 5.41) is 37.1. The van der Waals surface area contributed by atoms with Crippen LogP contribution >= 0.6 is 0 Å². The van der Waals surface area contributed by atoms with Gasteiger partial charge in [0.1, 0.15) is 0 Å². The molecule has 4 atom stereocenters. The predicted molar refractivity (Wildman–Crippen MR) is 66.0 cm³/mol. The van der Waals surface area contributed by atoms with Crippen molar-refractivity contribution in [3.8, 4) is 0 Å². The minimum atomic E-state index is -0.760. The van der Waals surface area contributed by atoms with Gasteiger partial charge >= 0.3 is 5.97 Å². The summed E-state index contributed by atoms with van der Waals surface area (Å²) in [4.78, 5) is 10.3. The van der Waals surface area contributed by atoms with Gasteiger partial charge in [-0.2, -0.15) is 0 Å². The normalized spacial score (nSPS) is 31.7. The number of unbranched alkanes of at least 4 members (excludes halogenated alkanes) is 3. The number of carboxylic acids is 1. The van der Waals surface area contributed by atoms with Crippen molar-refractivity contribution in [2.45, 2.75) is 57.2 Å². The van der Waals surface area contributed by atoms with Gasteiger partial charge < -0.3 is 20.4 Å². The Morgan fingerprint density at radius 1 is 1.00 bits per heavy atom. The van der Waals surface area contributed by atoms with E-state index in [1.54, 1.807) is 0 Å². The SMILES string of the molecule is O=C(O)CCCCCC[C@@H]1C(O)CC(O)[C@H]1CO. The Hall–Kier alpha value is -0.650. The van der Waals surface area contributed by atoms with E-state index in [1.807, 2.05) is 0 Å². The second-order valence-corrected chi connectivity index (χ2v) is 5.23. The topological polar surface area (TPSA) is 98.0 Å². The fourth-order valence-corrected chi connectivity index (χ4v) is 2.84. The summed E-state index contributed by atoms with van der Waals surface area (Å²) in [7, 11) is 0. The molecule has 1 fully saturated rings. The van der Waals surface area contributed by atoms with Crippen molar-refractivity contribution in [1.29, 1.82) is 0 Å². The number of aliphatic hydroxyl groups excluding tert-OH is 3. The first-order valence-electron chi connectivity index (χ1n) is 6.75. The highest BCUT2D eigenvalue weighted by molar-refractivity contribution is 5.66. The minimum Gasteiger partial charge on any atom is -0.481 e. The highest BCUT2D eigenvalue weighted by Gasteiger charge is 2.40. The van der Waals surface area contributed by atoms with Crippen molar-refractivity contribution in [2.24, 2.45) is 11.8 Å². The monoisotopic (exact) mass is 260 g/mol. The van der Waals surface area contributed by atoms with Crippen molar-refractivity contribution in [1.82, 2.24) is 0 Å². The molecule has 5 heteroatoms. The first-order chi connectivity index (χ1) is 8.56. The van der Waals surface area contributed by atoms with E-state index in [1.165, 1.54) is 0 Å². The maximum atomic E-state index is 10.3. The summed E-state index contributed by atoms with van der Waals surface area (Å²) in [6, 6.07) is 0. The zero-order valence-electron chi connectivity index (χ0n) is 10.7. The van der Waals surface area contributed by atoms with Crippen LogP contribution in [-0.4, -0.2) is 45.2 Å². The molecule has 1 aliphatic rings. The van der Waals surface area contributed by atoms with E-state index in [2.05, 4.69) is 0 Å². The lowest BCUT2D eigenvalue weighted by atomic mass is 9.89. The molecule has 0 bridgehead atoms. The number of aliphatic carboxylic acids is 1. The van der Waals surface area contributed by atoms with Crippen LogP contribution in [-0.2, 0) is 4.79 Å². The highest BCUT2D eigenvalue weighted by atomic mass is 16.4. The molecular weight excluding hydrogens is 236 g/mol. The van der Waals surface area contributed by atoms with Crippen molar-refractivity contribution in [3.63, 3.8) is 0 Å². The molecule has 1 rings (SSSR count). The van der Waals surface area contributed by atoms with Crippen molar-refractivity contribution in [2.75, 3.05) is 6.61 Å².